The topological polar surface area (TPSA) is 33.1 Å². The summed E-state index contributed by atoms with van der Waals surface area (Å²) in [7, 11) is 0. The minimum Gasteiger partial charge on any atom is -0.505 e. The van der Waals surface area contributed by atoms with Crippen LogP contribution < -0.4 is 0 Å². The van der Waals surface area contributed by atoms with Crippen LogP contribution >= 0.6 is 15.9 Å². The predicted octanol–water partition coefficient (Wildman–Crippen LogP) is 2.80. The van der Waals surface area contributed by atoms with Crippen LogP contribution in [-0.2, 0) is 0 Å². The number of halogens is 3. The standard InChI is InChI=1S/C7H6BrF2NO/c1-3-2-4(7(9)10)5(12)6(8)11-3/h2,7,12H,1H3. The van der Waals surface area contributed by atoms with E-state index in [0.717, 1.165) is 6.07 Å². The average Bonchev–Trinajstić information content (AvgIpc) is 1.96. The van der Waals surface area contributed by atoms with E-state index in [2.05, 4.69) is 20.9 Å². The molecular weight excluding hydrogens is 232 g/mol. The Labute approximate surface area is 76.4 Å². The molecule has 0 aliphatic carbocycles. The number of rotatable bonds is 1. The van der Waals surface area contributed by atoms with Crippen LogP contribution in [0, 0.1) is 6.92 Å². The van der Waals surface area contributed by atoms with Crippen molar-refractivity contribution in [1.82, 2.24) is 4.98 Å². The molecule has 0 saturated heterocycles. The smallest absolute Gasteiger partial charge is 0.267 e. The van der Waals surface area contributed by atoms with Crippen LogP contribution in [0.3, 0.4) is 0 Å². The maximum Gasteiger partial charge on any atom is 0.267 e. The number of nitrogens with zero attached hydrogens (tertiary/aromatic N) is 1. The van der Waals surface area contributed by atoms with Crippen molar-refractivity contribution in [2.75, 3.05) is 0 Å². The lowest BCUT2D eigenvalue weighted by Gasteiger charge is -2.05. The van der Waals surface area contributed by atoms with E-state index in [-0.39, 0.29) is 4.60 Å². The second-order valence-electron chi connectivity index (χ2n) is 2.29. The molecule has 1 rings (SSSR count). The fraction of sp³-hybridized carbons (Fsp3) is 0.286. The molecule has 0 amide bonds. The molecule has 1 aromatic heterocycles. The van der Waals surface area contributed by atoms with Crippen LogP contribution in [0.2, 0.25) is 0 Å². The normalized spacial score (nSPS) is 10.8. The summed E-state index contributed by atoms with van der Waals surface area (Å²) in [6.07, 6.45) is -2.68. The molecule has 0 bridgehead atoms. The van der Waals surface area contributed by atoms with Gasteiger partial charge in [-0.25, -0.2) is 13.8 Å². The molecule has 0 aromatic carbocycles. The monoisotopic (exact) mass is 237 g/mol. The lowest BCUT2D eigenvalue weighted by Crippen LogP contribution is -1.91. The van der Waals surface area contributed by atoms with Crippen LogP contribution in [0.1, 0.15) is 17.7 Å². The molecule has 0 fully saturated rings. The van der Waals surface area contributed by atoms with E-state index >= 15 is 0 Å². The first-order valence-electron chi connectivity index (χ1n) is 3.16. The highest BCUT2D eigenvalue weighted by Crippen LogP contribution is 2.33. The zero-order chi connectivity index (χ0) is 9.30. The van der Waals surface area contributed by atoms with Crippen molar-refractivity contribution >= 4 is 15.9 Å². The second-order valence-corrected chi connectivity index (χ2v) is 3.04. The molecule has 0 atom stereocenters. The van der Waals surface area contributed by atoms with Crippen molar-refractivity contribution in [2.24, 2.45) is 0 Å². The third-order valence-corrected chi connectivity index (χ3v) is 1.90. The fourth-order valence-electron chi connectivity index (χ4n) is 0.819. The molecule has 0 saturated carbocycles. The lowest BCUT2D eigenvalue weighted by molar-refractivity contribution is 0.147. The highest BCUT2D eigenvalue weighted by atomic mass is 79.9. The van der Waals surface area contributed by atoms with Crippen LogP contribution in [0.15, 0.2) is 10.7 Å². The molecule has 66 valence electrons. The van der Waals surface area contributed by atoms with Crippen LogP contribution in [-0.4, -0.2) is 10.1 Å². The SMILES string of the molecule is Cc1cc(C(F)F)c(O)c(Br)n1. The molecule has 0 aliphatic rings. The number of aromatic hydroxyl groups is 1. The van der Waals surface area contributed by atoms with Gasteiger partial charge in [-0.2, -0.15) is 0 Å². The van der Waals surface area contributed by atoms with Gasteiger partial charge in [0.15, 0.2) is 5.75 Å². The lowest BCUT2D eigenvalue weighted by atomic mass is 10.2. The second kappa shape index (κ2) is 3.35. The Bertz CT molecular complexity index is 304. The van der Waals surface area contributed by atoms with Gasteiger partial charge >= 0.3 is 0 Å². The zero-order valence-electron chi connectivity index (χ0n) is 6.18. The Morgan fingerprint density at radius 3 is 2.67 bits per heavy atom. The minimum absolute atomic E-state index is 0.0535. The summed E-state index contributed by atoms with van der Waals surface area (Å²) in [6.45, 7) is 1.58. The van der Waals surface area contributed by atoms with Crippen LogP contribution in [0.4, 0.5) is 8.78 Å². The molecule has 1 aromatic rings. The molecule has 12 heavy (non-hydrogen) atoms. The van der Waals surface area contributed by atoms with Gasteiger partial charge in [-0.3, -0.25) is 0 Å². The van der Waals surface area contributed by atoms with Gasteiger partial charge in [0.2, 0.25) is 0 Å². The summed E-state index contributed by atoms with van der Waals surface area (Å²) in [5.41, 5.74) is 0.0457. The highest BCUT2D eigenvalue weighted by molar-refractivity contribution is 9.10. The number of aryl methyl sites for hydroxylation is 1. The van der Waals surface area contributed by atoms with Gasteiger partial charge in [0.1, 0.15) is 4.60 Å². The summed E-state index contributed by atoms with van der Waals surface area (Å²) < 4.78 is 24.4. The van der Waals surface area contributed by atoms with E-state index in [9.17, 15) is 8.78 Å². The highest BCUT2D eigenvalue weighted by Gasteiger charge is 2.16. The number of hydrogen-bond acceptors (Lipinski definition) is 2. The molecule has 1 N–H and O–H groups in total. The van der Waals surface area contributed by atoms with E-state index in [1.807, 2.05) is 0 Å². The third kappa shape index (κ3) is 1.72. The van der Waals surface area contributed by atoms with Crippen molar-refractivity contribution in [2.45, 2.75) is 13.3 Å². The maximum atomic E-state index is 12.2. The Kier molecular flexibility index (Phi) is 2.62. The fourth-order valence-corrected chi connectivity index (χ4v) is 1.33. The van der Waals surface area contributed by atoms with Gasteiger partial charge in [0.05, 0.1) is 5.56 Å². The quantitative estimate of drug-likeness (QED) is 0.763. The molecular formula is C7H6BrF2NO. The van der Waals surface area contributed by atoms with Crippen LogP contribution in [0.25, 0.3) is 0 Å². The first-order valence-corrected chi connectivity index (χ1v) is 3.96. The Balaban J connectivity index is 3.28. The van der Waals surface area contributed by atoms with Crippen molar-refractivity contribution in [3.05, 3.63) is 21.9 Å². The van der Waals surface area contributed by atoms with E-state index in [0.29, 0.717) is 5.69 Å². The molecule has 2 nitrogen and oxygen atoms in total. The van der Waals surface area contributed by atoms with Crippen molar-refractivity contribution in [3.8, 4) is 5.75 Å². The van der Waals surface area contributed by atoms with E-state index in [1.54, 1.807) is 6.92 Å². The zero-order valence-corrected chi connectivity index (χ0v) is 7.77. The molecule has 5 heteroatoms. The van der Waals surface area contributed by atoms with Gasteiger partial charge in [0.25, 0.3) is 6.43 Å². The summed E-state index contributed by atoms with van der Waals surface area (Å²) >= 11 is 2.87. The van der Waals surface area contributed by atoms with E-state index in [4.69, 9.17) is 5.11 Å². The Hall–Kier alpha value is -0.710. The first-order chi connectivity index (χ1) is 5.52. The summed E-state index contributed by atoms with van der Waals surface area (Å²) in [4.78, 5) is 3.75. The molecule has 0 radical (unpaired) electrons. The van der Waals surface area contributed by atoms with Gasteiger partial charge in [-0.05, 0) is 28.9 Å². The van der Waals surface area contributed by atoms with Crippen molar-refractivity contribution < 1.29 is 13.9 Å². The molecule has 0 unspecified atom stereocenters. The van der Waals surface area contributed by atoms with Gasteiger partial charge in [0, 0.05) is 5.69 Å². The number of alkyl halides is 2. The van der Waals surface area contributed by atoms with E-state index in [1.165, 1.54) is 0 Å². The Morgan fingerprint density at radius 1 is 1.58 bits per heavy atom. The maximum absolute atomic E-state index is 12.2. The minimum atomic E-state index is -2.68. The number of hydrogen-bond donors (Lipinski definition) is 1. The summed E-state index contributed by atoms with van der Waals surface area (Å²) in [6, 6.07) is 1.16. The van der Waals surface area contributed by atoms with Crippen molar-refractivity contribution in [1.29, 1.82) is 0 Å². The van der Waals surface area contributed by atoms with E-state index < -0.39 is 17.7 Å². The molecule has 0 spiro atoms. The number of pyridine rings is 1. The summed E-state index contributed by atoms with van der Waals surface area (Å²) in [5.74, 6) is -0.490. The average molecular weight is 238 g/mol. The third-order valence-electron chi connectivity index (χ3n) is 1.34. The predicted molar refractivity (Wildman–Crippen MR) is 43.3 cm³/mol. The largest absolute Gasteiger partial charge is 0.505 e. The van der Waals surface area contributed by atoms with Crippen molar-refractivity contribution in [3.63, 3.8) is 0 Å². The van der Waals surface area contributed by atoms with Gasteiger partial charge in [-0.1, -0.05) is 0 Å². The van der Waals surface area contributed by atoms with Gasteiger partial charge < -0.3 is 5.11 Å². The molecule has 1 heterocycles. The molecule has 0 aliphatic heterocycles. The first kappa shape index (κ1) is 9.38. The summed E-state index contributed by atoms with van der Waals surface area (Å²) in [5, 5.41) is 9.10. The number of aromatic nitrogens is 1. The van der Waals surface area contributed by atoms with Gasteiger partial charge in [-0.15, -0.1) is 0 Å². The van der Waals surface area contributed by atoms with Crippen LogP contribution in [0.5, 0.6) is 5.75 Å². The Morgan fingerprint density at radius 2 is 2.17 bits per heavy atom.